The number of hydrogen-bond acceptors (Lipinski definition) is 3. The minimum absolute atomic E-state index is 0.288. The van der Waals surface area contributed by atoms with Crippen molar-refractivity contribution in [2.75, 3.05) is 19.1 Å². The van der Waals surface area contributed by atoms with Crippen LogP contribution in [0.4, 0.5) is 0 Å². The van der Waals surface area contributed by atoms with Crippen LogP contribution in [0.2, 0.25) is 0 Å². The van der Waals surface area contributed by atoms with Crippen LogP contribution in [0.5, 0.6) is 0 Å². The molecule has 17 heavy (non-hydrogen) atoms. The molecule has 0 rings (SSSR count). The zero-order valence-electron chi connectivity index (χ0n) is 9.90. The number of rotatable bonds is 9. The van der Waals surface area contributed by atoms with Gasteiger partial charge in [0.25, 0.3) is 0 Å². The van der Waals surface area contributed by atoms with E-state index in [1.165, 1.54) is 0 Å². The molecular weight excluding hydrogens is 268 g/mol. The van der Waals surface area contributed by atoms with Gasteiger partial charge < -0.3 is 19.6 Å². The fraction of sp³-hybridized carbons (Fsp3) is 1.00. The average Bonchev–Trinajstić information content (AvgIpc) is 2.06. The Labute approximate surface area is 101 Å². The Morgan fingerprint density at radius 1 is 0.882 bits per heavy atom. The standard InChI is InChI=1S/C8H21NO6P2/c1-2-3-4-5-6-9(7-16(10,11)12)8-17(13,14)15/h2-8H2,1H3,(H2,10,11,12)(H2,13,14,15). The minimum Gasteiger partial charge on any atom is -0.324 e. The Bertz CT molecular complexity index is 274. The van der Waals surface area contributed by atoms with Gasteiger partial charge in [-0.1, -0.05) is 26.2 Å². The lowest BCUT2D eigenvalue weighted by Gasteiger charge is -2.22. The molecule has 0 aliphatic heterocycles. The summed E-state index contributed by atoms with van der Waals surface area (Å²) in [6, 6.07) is 0. The second-order valence-corrected chi connectivity index (χ2v) is 7.29. The normalized spacial score (nSPS) is 13.3. The monoisotopic (exact) mass is 289 g/mol. The van der Waals surface area contributed by atoms with Crippen molar-refractivity contribution in [3.63, 3.8) is 0 Å². The van der Waals surface area contributed by atoms with Crippen molar-refractivity contribution in [2.45, 2.75) is 32.6 Å². The molecule has 0 aliphatic rings. The third kappa shape index (κ3) is 12.5. The fourth-order valence-corrected chi connectivity index (χ4v) is 3.15. The third-order valence-corrected chi connectivity index (χ3v) is 3.63. The number of unbranched alkanes of at least 4 members (excludes halogenated alkanes) is 3. The summed E-state index contributed by atoms with van der Waals surface area (Å²) in [5.41, 5.74) is 0. The minimum atomic E-state index is -4.28. The molecular formula is C8H21NO6P2. The molecule has 104 valence electrons. The van der Waals surface area contributed by atoms with Crippen molar-refractivity contribution in [1.29, 1.82) is 0 Å². The maximum absolute atomic E-state index is 10.8. The number of hydrogen-bond donors (Lipinski definition) is 4. The highest BCUT2D eigenvalue weighted by atomic mass is 31.2. The molecule has 9 heteroatoms. The molecule has 0 fully saturated rings. The average molecular weight is 289 g/mol. The van der Waals surface area contributed by atoms with Crippen LogP contribution in [-0.2, 0) is 9.13 Å². The van der Waals surface area contributed by atoms with E-state index in [0.717, 1.165) is 24.2 Å². The first-order valence-electron chi connectivity index (χ1n) is 5.45. The summed E-state index contributed by atoms with van der Waals surface area (Å²) in [5.74, 6) is 0. The molecule has 0 saturated heterocycles. The quantitative estimate of drug-likeness (QED) is 0.371. The van der Waals surface area contributed by atoms with Crippen LogP contribution < -0.4 is 0 Å². The Morgan fingerprint density at radius 3 is 1.71 bits per heavy atom. The zero-order valence-corrected chi connectivity index (χ0v) is 11.7. The van der Waals surface area contributed by atoms with Crippen LogP contribution in [0.25, 0.3) is 0 Å². The first-order valence-corrected chi connectivity index (χ1v) is 9.05. The summed E-state index contributed by atoms with van der Waals surface area (Å²) in [5, 5.41) is 0. The van der Waals surface area contributed by atoms with Gasteiger partial charge in [0.2, 0.25) is 0 Å². The molecule has 0 aliphatic carbocycles. The molecule has 0 spiro atoms. The Hall–Kier alpha value is 0.260. The van der Waals surface area contributed by atoms with Gasteiger partial charge in [0.1, 0.15) is 12.6 Å². The first-order chi connectivity index (χ1) is 7.64. The second kappa shape index (κ2) is 7.64. The molecule has 4 N–H and O–H groups in total. The van der Waals surface area contributed by atoms with E-state index in [1.807, 2.05) is 6.92 Å². The predicted molar refractivity (Wildman–Crippen MR) is 64.7 cm³/mol. The Kier molecular flexibility index (Phi) is 7.76. The number of nitrogens with zero attached hydrogens (tertiary/aromatic N) is 1. The van der Waals surface area contributed by atoms with E-state index in [1.54, 1.807) is 0 Å². The van der Waals surface area contributed by atoms with E-state index >= 15 is 0 Å². The van der Waals surface area contributed by atoms with Gasteiger partial charge in [0.05, 0.1) is 0 Å². The molecule has 0 aromatic heterocycles. The van der Waals surface area contributed by atoms with E-state index in [9.17, 15) is 9.13 Å². The summed E-state index contributed by atoms with van der Waals surface area (Å²) >= 11 is 0. The van der Waals surface area contributed by atoms with Crippen molar-refractivity contribution in [2.24, 2.45) is 0 Å². The molecule has 0 unspecified atom stereocenters. The molecule has 0 amide bonds. The van der Waals surface area contributed by atoms with Crippen molar-refractivity contribution in [3.8, 4) is 0 Å². The Balaban J connectivity index is 4.21. The zero-order chi connectivity index (χ0) is 13.5. The lowest BCUT2D eigenvalue weighted by atomic mass is 10.2. The molecule has 7 nitrogen and oxygen atoms in total. The summed E-state index contributed by atoms with van der Waals surface area (Å²) in [6.07, 6.45) is 2.37. The van der Waals surface area contributed by atoms with Crippen molar-refractivity contribution >= 4 is 15.2 Å². The van der Waals surface area contributed by atoms with Gasteiger partial charge in [-0.3, -0.25) is 14.0 Å². The van der Waals surface area contributed by atoms with Gasteiger partial charge in [-0.05, 0) is 13.0 Å². The predicted octanol–water partition coefficient (Wildman–Crippen LogP) is 1.14. The van der Waals surface area contributed by atoms with Gasteiger partial charge in [0, 0.05) is 0 Å². The maximum Gasteiger partial charge on any atom is 0.339 e. The van der Waals surface area contributed by atoms with Crippen LogP contribution in [0.1, 0.15) is 32.6 Å². The first kappa shape index (κ1) is 17.3. The van der Waals surface area contributed by atoms with E-state index in [0.29, 0.717) is 6.42 Å². The van der Waals surface area contributed by atoms with Gasteiger partial charge >= 0.3 is 15.2 Å². The summed E-state index contributed by atoms with van der Waals surface area (Å²) in [7, 11) is -8.56. The maximum atomic E-state index is 10.8. The SMILES string of the molecule is CCCCCCN(CP(=O)(O)O)CP(=O)(O)O. The van der Waals surface area contributed by atoms with Crippen molar-refractivity contribution in [3.05, 3.63) is 0 Å². The molecule has 0 aromatic carbocycles. The highest BCUT2D eigenvalue weighted by Gasteiger charge is 2.25. The lowest BCUT2D eigenvalue weighted by Crippen LogP contribution is -2.27. The molecule has 0 heterocycles. The summed E-state index contributed by atoms with van der Waals surface area (Å²) in [4.78, 5) is 36.4. The van der Waals surface area contributed by atoms with E-state index < -0.39 is 27.8 Å². The molecule has 0 aromatic rings. The molecule has 0 atom stereocenters. The van der Waals surface area contributed by atoms with E-state index in [2.05, 4.69) is 0 Å². The van der Waals surface area contributed by atoms with E-state index in [4.69, 9.17) is 19.6 Å². The Morgan fingerprint density at radius 2 is 1.35 bits per heavy atom. The highest BCUT2D eigenvalue weighted by molar-refractivity contribution is 7.52. The molecule has 0 radical (unpaired) electrons. The van der Waals surface area contributed by atoms with Crippen LogP contribution >= 0.6 is 15.2 Å². The molecule has 0 saturated carbocycles. The van der Waals surface area contributed by atoms with Gasteiger partial charge in [-0.25, -0.2) is 0 Å². The van der Waals surface area contributed by atoms with Crippen LogP contribution in [0, 0.1) is 0 Å². The van der Waals surface area contributed by atoms with Crippen LogP contribution in [0.3, 0.4) is 0 Å². The van der Waals surface area contributed by atoms with Gasteiger partial charge in [0.15, 0.2) is 0 Å². The smallest absolute Gasteiger partial charge is 0.324 e. The summed E-state index contributed by atoms with van der Waals surface area (Å²) in [6.45, 7) is 2.32. The van der Waals surface area contributed by atoms with Gasteiger partial charge in [-0.2, -0.15) is 0 Å². The van der Waals surface area contributed by atoms with E-state index in [-0.39, 0.29) is 6.54 Å². The largest absolute Gasteiger partial charge is 0.339 e. The van der Waals surface area contributed by atoms with Crippen LogP contribution in [0.15, 0.2) is 0 Å². The topological polar surface area (TPSA) is 118 Å². The fourth-order valence-electron chi connectivity index (χ4n) is 1.47. The second-order valence-electron chi connectivity index (χ2n) is 4.07. The van der Waals surface area contributed by atoms with Gasteiger partial charge in [-0.15, -0.1) is 0 Å². The molecule has 0 bridgehead atoms. The third-order valence-electron chi connectivity index (χ3n) is 2.10. The van der Waals surface area contributed by atoms with Crippen LogP contribution in [-0.4, -0.2) is 43.6 Å². The summed E-state index contributed by atoms with van der Waals surface area (Å²) < 4.78 is 21.6. The van der Waals surface area contributed by atoms with Crippen molar-refractivity contribution < 1.29 is 28.7 Å². The van der Waals surface area contributed by atoms with Crippen molar-refractivity contribution in [1.82, 2.24) is 4.90 Å². The highest BCUT2D eigenvalue weighted by Crippen LogP contribution is 2.40. The lowest BCUT2D eigenvalue weighted by molar-refractivity contribution is 0.273.